The van der Waals surface area contributed by atoms with E-state index in [0.29, 0.717) is 17.4 Å². The number of carboxylic acids is 1. The minimum absolute atomic E-state index is 0.144. The van der Waals surface area contributed by atoms with Gasteiger partial charge in [-0.25, -0.2) is 0 Å². The smallest absolute Gasteiger partial charge is 0.306 e. The van der Waals surface area contributed by atoms with Gasteiger partial charge in [0.2, 0.25) is 0 Å². The molecule has 0 amide bonds. The Morgan fingerprint density at radius 1 is 0.348 bits per heavy atom. The van der Waals surface area contributed by atoms with Crippen LogP contribution in [0.5, 0.6) is 0 Å². The Morgan fingerprint density at radius 3 is 0.966 bits per heavy atom. The number of likely N-dealkylation sites (N-methyl/N-ethyl adjacent to an activating group) is 1. The molecular weight excluding hydrogens is 1100 g/mol. The number of quaternary nitrogens is 1. The first-order chi connectivity index (χ1) is 43.6. The van der Waals surface area contributed by atoms with Crippen molar-refractivity contribution < 1.29 is 42.9 Å². The summed E-state index contributed by atoms with van der Waals surface area (Å²) < 4.78 is 22.8. The highest BCUT2D eigenvalue weighted by Gasteiger charge is 2.22. The molecule has 0 aromatic heterocycles. The molecule has 0 aliphatic rings. The van der Waals surface area contributed by atoms with Crippen molar-refractivity contribution in [3.05, 3.63) is 122 Å². The SMILES string of the molecule is CC/C=C\C/C=C\C/C=C\C/C=C\C/C=C\C/C=C\C/C=C\C/C=C\C/C=C\CCCCCCCCCCCCCCCC(=O)OC(COC(=O)CCCCCCCCCCCCC/C=C\CCCCCCCCCC)COC(OCC[N+](C)(C)C)C(=O)[O-]. The van der Waals surface area contributed by atoms with Crippen LogP contribution in [0.15, 0.2) is 122 Å². The van der Waals surface area contributed by atoms with Gasteiger partial charge in [0.25, 0.3) is 0 Å². The maximum absolute atomic E-state index is 12.9. The van der Waals surface area contributed by atoms with E-state index in [4.69, 9.17) is 18.9 Å². The zero-order chi connectivity index (χ0) is 64.7. The largest absolute Gasteiger partial charge is 0.545 e. The third kappa shape index (κ3) is 71.0. The summed E-state index contributed by atoms with van der Waals surface area (Å²) in [6.45, 7) is 4.66. The van der Waals surface area contributed by atoms with E-state index in [1.807, 2.05) is 21.1 Å². The second-order valence-corrected chi connectivity index (χ2v) is 25.5. The lowest BCUT2D eigenvalue weighted by atomic mass is 10.0. The average molecular weight is 1240 g/mol. The van der Waals surface area contributed by atoms with Crippen LogP contribution in [0.3, 0.4) is 0 Å². The van der Waals surface area contributed by atoms with E-state index in [2.05, 4.69) is 135 Å². The third-order valence-corrected chi connectivity index (χ3v) is 15.7. The number of carbonyl (C=O) groups excluding carboxylic acids is 3. The van der Waals surface area contributed by atoms with E-state index in [-0.39, 0.29) is 38.6 Å². The van der Waals surface area contributed by atoms with Gasteiger partial charge in [-0.2, -0.15) is 0 Å². The van der Waals surface area contributed by atoms with Crippen molar-refractivity contribution in [3.63, 3.8) is 0 Å². The van der Waals surface area contributed by atoms with Crippen LogP contribution in [0.25, 0.3) is 0 Å². The molecule has 89 heavy (non-hydrogen) atoms. The predicted molar refractivity (Wildman–Crippen MR) is 380 cm³/mol. The van der Waals surface area contributed by atoms with Gasteiger partial charge in [-0.3, -0.25) is 9.59 Å². The van der Waals surface area contributed by atoms with Crippen LogP contribution in [-0.4, -0.2) is 82.3 Å². The first-order valence-electron chi connectivity index (χ1n) is 36.7. The molecule has 0 bridgehead atoms. The lowest BCUT2D eigenvalue weighted by Gasteiger charge is -2.26. The second kappa shape index (κ2) is 69.6. The molecule has 0 rings (SSSR count). The number of nitrogens with zero attached hydrogens (tertiary/aromatic N) is 1. The number of ether oxygens (including phenoxy) is 4. The molecule has 0 aliphatic heterocycles. The highest BCUT2D eigenvalue weighted by molar-refractivity contribution is 5.70. The maximum Gasteiger partial charge on any atom is 0.306 e. The van der Waals surface area contributed by atoms with E-state index >= 15 is 0 Å². The number of aliphatic carboxylic acids is 1. The van der Waals surface area contributed by atoms with Gasteiger partial charge in [0.15, 0.2) is 12.4 Å². The quantitative estimate of drug-likeness (QED) is 0.0195. The summed E-state index contributed by atoms with van der Waals surface area (Å²) in [5, 5.41) is 11.8. The molecule has 0 aliphatic carbocycles. The van der Waals surface area contributed by atoms with E-state index in [9.17, 15) is 19.5 Å². The molecule has 0 saturated carbocycles. The van der Waals surface area contributed by atoms with Crippen molar-refractivity contribution in [3.8, 4) is 0 Å². The lowest BCUT2D eigenvalue weighted by Crippen LogP contribution is -2.44. The molecule has 9 nitrogen and oxygen atoms in total. The summed E-state index contributed by atoms with van der Waals surface area (Å²) >= 11 is 0. The van der Waals surface area contributed by atoms with Gasteiger partial charge in [0, 0.05) is 12.8 Å². The Morgan fingerprint density at radius 2 is 0.640 bits per heavy atom. The summed E-state index contributed by atoms with van der Waals surface area (Å²) in [7, 11) is 5.93. The molecule has 0 aromatic carbocycles. The van der Waals surface area contributed by atoms with Crippen molar-refractivity contribution in [1.29, 1.82) is 0 Å². The van der Waals surface area contributed by atoms with Gasteiger partial charge < -0.3 is 33.3 Å². The molecule has 0 saturated heterocycles. The third-order valence-electron chi connectivity index (χ3n) is 15.7. The van der Waals surface area contributed by atoms with Crippen molar-refractivity contribution >= 4 is 17.9 Å². The average Bonchev–Trinajstić information content (AvgIpc) is 3.64. The molecule has 0 N–H and O–H groups in total. The number of hydrogen-bond acceptors (Lipinski definition) is 8. The monoisotopic (exact) mass is 1240 g/mol. The van der Waals surface area contributed by atoms with Gasteiger partial charge in [0.1, 0.15) is 13.2 Å². The van der Waals surface area contributed by atoms with Gasteiger partial charge in [-0.05, 0) is 109 Å². The van der Waals surface area contributed by atoms with Crippen LogP contribution >= 0.6 is 0 Å². The zero-order valence-electron chi connectivity index (χ0n) is 58.3. The fourth-order valence-electron chi connectivity index (χ4n) is 10.1. The Balaban J connectivity index is 4.09. The highest BCUT2D eigenvalue weighted by atomic mass is 16.7. The number of carbonyl (C=O) groups is 3. The van der Waals surface area contributed by atoms with Gasteiger partial charge in [-0.1, -0.05) is 309 Å². The Kier molecular flexibility index (Phi) is 66.2. The number of hydrogen-bond donors (Lipinski definition) is 0. The number of carboxylic acid groups (broad SMARTS) is 1. The standard InChI is InChI=1S/C80H137NO8/c1-6-8-10-12-14-16-18-20-22-24-26-28-30-31-32-33-34-35-36-37-38-39-40-41-42-43-44-45-46-47-49-51-53-55-57-59-61-63-65-67-69-71-78(83)89-76(75-88-80(79(84)85)86-73-72-81(3,4)5)74-87-77(82)70-68-66-64-62-60-58-56-54-52-50-48-29-27-25-23-21-19-17-15-13-11-9-7-2/h8,10,14,16,20,22,25-28,31-32,34-35,37-38,40-41,43-44,76,80H,6-7,9,11-13,15,17-19,21,23-24,29-30,33,36,39,42,45-75H2,1-5H3/b10-8-,16-14-,22-20-,27-25-,28-26-,32-31-,35-34-,38-37-,41-40-,44-43-. The molecule has 510 valence electrons. The Bertz CT molecular complexity index is 1880. The number of esters is 2. The minimum Gasteiger partial charge on any atom is -0.545 e. The number of allylic oxidation sites excluding steroid dienone is 20. The first kappa shape index (κ1) is 84.7. The maximum atomic E-state index is 12.9. The lowest BCUT2D eigenvalue weighted by molar-refractivity contribution is -0.870. The topological polar surface area (TPSA) is 111 Å². The summed E-state index contributed by atoms with van der Waals surface area (Å²) in [6.07, 6.45) is 95.7. The van der Waals surface area contributed by atoms with Crippen LogP contribution in [0.1, 0.15) is 309 Å². The molecule has 9 heteroatoms. The fraction of sp³-hybridized carbons (Fsp3) is 0.713. The van der Waals surface area contributed by atoms with E-state index in [1.165, 1.54) is 180 Å². The van der Waals surface area contributed by atoms with Crippen LogP contribution in [0.2, 0.25) is 0 Å². The van der Waals surface area contributed by atoms with Crippen LogP contribution in [-0.2, 0) is 33.3 Å². The molecule has 2 atom stereocenters. The molecule has 0 heterocycles. The van der Waals surface area contributed by atoms with Crippen LogP contribution < -0.4 is 5.11 Å². The van der Waals surface area contributed by atoms with E-state index in [0.717, 1.165) is 96.3 Å². The van der Waals surface area contributed by atoms with Crippen LogP contribution in [0, 0.1) is 0 Å². The summed E-state index contributed by atoms with van der Waals surface area (Å²) in [5.41, 5.74) is 0. The van der Waals surface area contributed by atoms with Crippen molar-refractivity contribution in [2.24, 2.45) is 0 Å². The highest BCUT2D eigenvalue weighted by Crippen LogP contribution is 2.17. The predicted octanol–water partition coefficient (Wildman–Crippen LogP) is 21.8. The van der Waals surface area contributed by atoms with E-state index < -0.39 is 24.3 Å². The van der Waals surface area contributed by atoms with Crippen molar-refractivity contribution in [2.75, 3.05) is 47.5 Å². The summed E-state index contributed by atoms with van der Waals surface area (Å²) in [6, 6.07) is 0. The molecule has 0 fully saturated rings. The molecule has 0 radical (unpaired) electrons. The van der Waals surface area contributed by atoms with E-state index in [1.54, 1.807) is 0 Å². The van der Waals surface area contributed by atoms with Gasteiger partial charge in [-0.15, -0.1) is 0 Å². The number of unbranched alkanes of at least 4 members (excludes halogenated alkanes) is 32. The molecule has 0 aromatic rings. The molecule has 0 spiro atoms. The zero-order valence-corrected chi connectivity index (χ0v) is 58.3. The first-order valence-corrected chi connectivity index (χ1v) is 36.7. The number of rotatable bonds is 67. The minimum atomic E-state index is -1.63. The Labute approximate surface area is 548 Å². The Hall–Kier alpha value is -4.31. The van der Waals surface area contributed by atoms with Gasteiger partial charge in [0.05, 0.1) is 40.3 Å². The van der Waals surface area contributed by atoms with Crippen molar-refractivity contribution in [1.82, 2.24) is 0 Å². The van der Waals surface area contributed by atoms with Crippen molar-refractivity contribution in [2.45, 2.75) is 322 Å². The normalized spacial score (nSPS) is 13.4. The van der Waals surface area contributed by atoms with Gasteiger partial charge >= 0.3 is 11.9 Å². The summed E-state index contributed by atoms with van der Waals surface area (Å²) in [5.74, 6) is -2.28. The fourth-order valence-corrected chi connectivity index (χ4v) is 10.1. The second-order valence-electron chi connectivity index (χ2n) is 25.5. The summed E-state index contributed by atoms with van der Waals surface area (Å²) in [4.78, 5) is 37.5. The molecular formula is C80H137NO8. The molecule has 2 unspecified atom stereocenters. The van der Waals surface area contributed by atoms with Crippen LogP contribution in [0.4, 0.5) is 0 Å².